The van der Waals surface area contributed by atoms with Gasteiger partial charge >= 0.3 is 0 Å². The molecule has 3 aromatic rings. The Balaban J connectivity index is 1.99. The van der Waals surface area contributed by atoms with Crippen molar-refractivity contribution >= 4 is 34.2 Å². The predicted molar refractivity (Wildman–Crippen MR) is 85.0 cm³/mol. The first-order chi connectivity index (χ1) is 11.1. The summed E-state index contributed by atoms with van der Waals surface area (Å²) in [5.74, 6) is -1.05. The molecule has 7 heteroatoms. The molecule has 1 aliphatic rings. The number of amides is 1. The Morgan fingerprint density at radius 3 is 2.96 bits per heavy atom. The molecule has 23 heavy (non-hydrogen) atoms. The Morgan fingerprint density at radius 1 is 1.35 bits per heavy atom. The van der Waals surface area contributed by atoms with Gasteiger partial charge in [-0.2, -0.15) is 0 Å². The van der Waals surface area contributed by atoms with Gasteiger partial charge in [0, 0.05) is 30.0 Å². The summed E-state index contributed by atoms with van der Waals surface area (Å²) in [6.07, 6.45) is 0.138. The van der Waals surface area contributed by atoms with Crippen LogP contribution in [-0.4, -0.2) is 20.9 Å². The molecule has 0 saturated heterocycles. The number of carbonyl (C=O) groups is 1. The van der Waals surface area contributed by atoms with Crippen molar-refractivity contribution in [2.45, 2.75) is 12.3 Å². The molecule has 5 nitrogen and oxygen atoms in total. The van der Waals surface area contributed by atoms with Gasteiger partial charge in [0.05, 0.1) is 11.2 Å². The average Bonchev–Trinajstić information content (AvgIpc) is 2.89. The van der Waals surface area contributed by atoms with Gasteiger partial charge in [-0.1, -0.05) is 28.9 Å². The van der Waals surface area contributed by atoms with Crippen molar-refractivity contribution in [1.82, 2.24) is 15.0 Å². The van der Waals surface area contributed by atoms with Crippen LogP contribution >= 0.6 is 11.6 Å². The molecule has 0 spiro atoms. The van der Waals surface area contributed by atoms with Crippen molar-refractivity contribution < 1.29 is 9.18 Å². The van der Waals surface area contributed by atoms with Crippen molar-refractivity contribution in [2.75, 3.05) is 5.32 Å². The zero-order chi connectivity index (χ0) is 16.1. The van der Waals surface area contributed by atoms with Gasteiger partial charge in [-0.3, -0.25) is 4.79 Å². The fraction of sp³-hybridized carbons (Fsp3) is 0.188. The second-order valence-electron chi connectivity index (χ2n) is 5.55. The first kappa shape index (κ1) is 14.1. The molecule has 0 fully saturated rings. The lowest BCUT2D eigenvalue weighted by atomic mass is 9.84. The molecule has 1 unspecified atom stereocenters. The number of aryl methyl sites for hydroxylation is 1. The number of anilines is 1. The molecule has 2 aromatic carbocycles. The molecular weight excluding hydrogens is 319 g/mol. The number of nitrogens with zero attached hydrogens (tertiary/aromatic N) is 3. The fourth-order valence-corrected chi connectivity index (χ4v) is 3.42. The van der Waals surface area contributed by atoms with Crippen LogP contribution in [0.1, 0.15) is 23.5 Å². The Kier molecular flexibility index (Phi) is 3.09. The predicted octanol–water partition coefficient (Wildman–Crippen LogP) is 3.23. The van der Waals surface area contributed by atoms with E-state index in [1.807, 2.05) is 12.1 Å². The van der Waals surface area contributed by atoms with Crippen molar-refractivity contribution in [3.8, 4) is 0 Å². The van der Waals surface area contributed by atoms with Crippen LogP contribution in [0.15, 0.2) is 30.3 Å². The summed E-state index contributed by atoms with van der Waals surface area (Å²) >= 11 is 6.20. The summed E-state index contributed by atoms with van der Waals surface area (Å²) in [6.45, 7) is 0. The zero-order valence-electron chi connectivity index (χ0n) is 12.2. The molecule has 4 rings (SSSR count). The molecule has 1 N–H and O–H groups in total. The number of nitrogens with one attached hydrogen (secondary N) is 1. The first-order valence-electron chi connectivity index (χ1n) is 7.12. The lowest BCUT2D eigenvalue weighted by molar-refractivity contribution is -0.116. The molecule has 0 aliphatic carbocycles. The van der Waals surface area contributed by atoms with E-state index < -0.39 is 11.7 Å². The maximum Gasteiger partial charge on any atom is 0.225 e. The van der Waals surface area contributed by atoms with Crippen LogP contribution in [0.25, 0.3) is 11.0 Å². The Labute approximate surface area is 136 Å². The highest BCUT2D eigenvalue weighted by Gasteiger charge is 2.31. The largest absolute Gasteiger partial charge is 0.324 e. The van der Waals surface area contributed by atoms with Gasteiger partial charge in [0.2, 0.25) is 5.91 Å². The standard InChI is InChI=1S/C16H12ClFN4O/c1-22-12-6-5-8-9(14-10(17)3-2-4-11(14)18)7-13(23)19-15(8)16(12)20-21-22/h2-6,9H,7H2,1H3,(H,19,23). The third-order valence-corrected chi connectivity index (χ3v) is 4.52. The second-order valence-corrected chi connectivity index (χ2v) is 5.96. The van der Waals surface area contributed by atoms with Crippen molar-refractivity contribution in [1.29, 1.82) is 0 Å². The quantitative estimate of drug-likeness (QED) is 0.745. The van der Waals surface area contributed by atoms with E-state index in [0.717, 1.165) is 11.1 Å². The number of hydrogen-bond acceptors (Lipinski definition) is 3. The lowest BCUT2D eigenvalue weighted by Crippen LogP contribution is -2.24. The topological polar surface area (TPSA) is 59.8 Å². The Hall–Kier alpha value is -2.47. The number of rotatable bonds is 1. The van der Waals surface area contributed by atoms with Crippen molar-refractivity contribution in [3.05, 3.63) is 52.3 Å². The highest BCUT2D eigenvalue weighted by molar-refractivity contribution is 6.31. The summed E-state index contributed by atoms with van der Waals surface area (Å²) in [5.41, 5.74) is 3.11. The molecule has 116 valence electrons. The maximum absolute atomic E-state index is 14.3. The smallest absolute Gasteiger partial charge is 0.225 e. The van der Waals surface area contributed by atoms with Gasteiger partial charge in [-0.05, 0) is 23.8 Å². The number of halogens is 2. The summed E-state index contributed by atoms with van der Waals surface area (Å²) < 4.78 is 16.0. The maximum atomic E-state index is 14.3. The molecule has 2 heterocycles. The van der Waals surface area contributed by atoms with Crippen LogP contribution in [0.3, 0.4) is 0 Å². The van der Waals surface area contributed by atoms with Gasteiger partial charge in [0.25, 0.3) is 0 Å². The minimum absolute atomic E-state index is 0.138. The monoisotopic (exact) mass is 330 g/mol. The van der Waals surface area contributed by atoms with Gasteiger partial charge in [0.15, 0.2) is 0 Å². The van der Waals surface area contributed by atoms with Gasteiger partial charge in [-0.25, -0.2) is 9.07 Å². The third-order valence-electron chi connectivity index (χ3n) is 4.19. The van der Waals surface area contributed by atoms with Crippen LogP contribution in [0, 0.1) is 5.82 Å². The van der Waals surface area contributed by atoms with E-state index in [1.54, 1.807) is 23.9 Å². The van der Waals surface area contributed by atoms with Crippen LogP contribution in [0.5, 0.6) is 0 Å². The highest BCUT2D eigenvalue weighted by Crippen LogP contribution is 2.43. The van der Waals surface area contributed by atoms with Crippen LogP contribution in [0.4, 0.5) is 10.1 Å². The molecule has 1 amide bonds. The minimum Gasteiger partial charge on any atom is -0.324 e. The third kappa shape index (κ3) is 2.09. The van der Waals surface area contributed by atoms with E-state index in [9.17, 15) is 9.18 Å². The summed E-state index contributed by atoms with van der Waals surface area (Å²) in [5, 5.41) is 11.2. The number of fused-ring (bicyclic) bond motifs is 3. The van der Waals surface area contributed by atoms with Crippen LogP contribution < -0.4 is 5.32 Å². The average molecular weight is 331 g/mol. The molecule has 0 bridgehead atoms. The zero-order valence-corrected chi connectivity index (χ0v) is 12.9. The van der Waals surface area contributed by atoms with E-state index in [-0.39, 0.29) is 12.3 Å². The molecule has 1 atom stereocenters. The van der Waals surface area contributed by atoms with E-state index in [2.05, 4.69) is 15.6 Å². The molecular formula is C16H12ClFN4O. The number of benzene rings is 2. The van der Waals surface area contributed by atoms with Crippen molar-refractivity contribution in [2.24, 2.45) is 7.05 Å². The van der Waals surface area contributed by atoms with Gasteiger partial charge < -0.3 is 5.32 Å². The first-order valence-corrected chi connectivity index (χ1v) is 7.50. The molecule has 1 aliphatic heterocycles. The van der Waals surface area contributed by atoms with Crippen LogP contribution in [0.2, 0.25) is 5.02 Å². The number of carbonyl (C=O) groups excluding carboxylic acids is 1. The molecule has 1 aromatic heterocycles. The number of hydrogen-bond donors (Lipinski definition) is 1. The van der Waals surface area contributed by atoms with Gasteiger partial charge in [-0.15, -0.1) is 5.10 Å². The summed E-state index contributed by atoms with van der Waals surface area (Å²) in [4.78, 5) is 12.2. The van der Waals surface area contributed by atoms with E-state index in [4.69, 9.17) is 11.6 Å². The summed E-state index contributed by atoms with van der Waals surface area (Å²) in [7, 11) is 1.78. The van der Waals surface area contributed by atoms with Gasteiger partial charge in [0.1, 0.15) is 11.3 Å². The minimum atomic E-state index is -0.446. The Morgan fingerprint density at radius 2 is 2.17 bits per heavy atom. The van der Waals surface area contributed by atoms with E-state index in [1.165, 1.54) is 6.07 Å². The number of aromatic nitrogens is 3. The normalized spacial score (nSPS) is 17.2. The van der Waals surface area contributed by atoms with E-state index in [0.29, 0.717) is 21.8 Å². The second kappa shape index (κ2) is 5.03. The molecule has 0 saturated carbocycles. The Bertz CT molecular complexity index is 932. The van der Waals surface area contributed by atoms with Crippen LogP contribution in [-0.2, 0) is 11.8 Å². The van der Waals surface area contributed by atoms with Crippen molar-refractivity contribution in [3.63, 3.8) is 0 Å². The van der Waals surface area contributed by atoms with E-state index >= 15 is 0 Å². The summed E-state index contributed by atoms with van der Waals surface area (Å²) in [6, 6.07) is 8.28. The fourth-order valence-electron chi connectivity index (χ4n) is 3.13. The molecule has 0 radical (unpaired) electrons. The lowest BCUT2D eigenvalue weighted by Gasteiger charge is -2.27. The highest BCUT2D eigenvalue weighted by atomic mass is 35.5. The SMILES string of the molecule is Cn1nnc2c3c(ccc21)C(c1c(F)cccc1Cl)CC(=O)N3.